The molecule has 0 aliphatic heterocycles. The van der Waals surface area contributed by atoms with Gasteiger partial charge in [-0.3, -0.25) is 0 Å². The Kier molecular flexibility index (Phi) is 4.45. The fourth-order valence-corrected chi connectivity index (χ4v) is 2.79. The quantitative estimate of drug-likeness (QED) is 0.634. The Bertz CT molecular complexity index is 616. The number of methoxy groups -OCH3 is 1. The van der Waals surface area contributed by atoms with Gasteiger partial charge in [-0.25, -0.2) is 9.78 Å². The Hall–Kier alpha value is -1.52. The molecule has 1 aromatic carbocycles. The summed E-state index contributed by atoms with van der Waals surface area (Å²) in [5, 5.41) is 0.473. The minimum absolute atomic E-state index is 0.346. The summed E-state index contributed by atoms with van der Waals surface area (Å²) >= 11 is 7.47. The van der Waals surface area contributed by atoms with E-state index in [4.69, 9.17) is 16.3 Å². The van der Waals surface area contributed by atoms with Crippen LogP contribution in [0, 0.1) is 6.92 Å². The van der Waals surface area contributed by atoms with E-state index in [2.05, 4.69) is 4.98 Å². The molecule has 3 nitrogen and oxygen atoms in total. The van der Waals surface area contributed by atoms with Gasteiger partial charge in [0.2, 0.25) is 0 Å². The number of pyridine rings is 1. The second-order valence-electron chi connectivity index (χ2n) is 3.81. The molecule has 0 amide bonds. The van der Waals surface area contributed by atoms with E-state index < -0.39 is 0 Å². The van der Waals surface area contributed by atoms with Crippen LogP contribution in [0.15, 0.2) is 46.3 Å². The molecule has 0 saturated heterocycles. The number of rotatable bonds is 3. The first kappa shape index (κ1) is 13.9. The second kappa shape index (κ2) is 6.08. The van der Waals surface area contributed by atoms with Crippen molar-refractivity contribution in [2.24, 2.45) is 0 Å². The molecule has 0 fully saturated rings. The Morgan fingerprint density at radius 1 is 1.26 bits per heavy atom. The first-order valence-electron chi connectivity index (χ1n) is 5.59. The van der Waals surface area contributed by atoms with Gasteiger partial charge in [-0.2, -0.15) is 0 Å². The number of benzene rings is 1. The van der Waals surface area contributed by atoms with E-state index in [-0.39, 0.29) is 5.97 Å². The highest BCUT2D eigenvalue weighted by molar-refractivity contribution is 7.99. The molecule has 1 heterocycles. The van der Waals surface area contributed by atoms with Crippen LogP contribution in [0.5, 0.6) is 0 Å². The summed E-state index contributed by atoms with van der Waals surface area (Å²) in [5.74, 6) is -0.346. The number of aromatic nitrogens is 1. The van der Waals surface area contributed by atoms with Gasteiger partial charge in [0.1, 0.15) is 5.15 Å². The van der Waals surface area contributed by atoms with Crippen LogP contribution >= 0.6 is 23.4 Å². The molecule has 0 N–H and O–H groups in total. The molecule has 0 aliphatic carbocycles. The highest BCUT2D eigenvalue weighted by Crippen LogP contribution is 2.34. The van der Waals surface area contributed by atoms with E-state index in [0.717, 1.165) is 15.4 Å². The lowest BCUT2D eigenvalue weighted by atomic mass is 10.2. The number of halogens is 1. The van der Waals surface area contributed by atoms with E-state index >= 15 is 0 Å². The van der Waals surface area contributed by atoms with Crippen LogP contribution < -0.4 is 0 Å². The molecular weight excluding hydrogens is 282 g/mol. The van der Waals surface area contributed by atoms with E-state index in [0.29, 0.717) is 10.7 Å². The Morgan fingerprint density at radius 3 is 2.74 bits per heavy atom. The van der Waals surface area contributed by atoms with E-state index in [1.54, 1.807) is 12.3 Å². The largest absolute Gasteiger partial charge is 0.465 e. The number of carbonyl (C=O) groups excluding carboxylic acids is 1. The number of nitrogens with zero attached hydrogens (tertiary/aromatic N) is 1. The third-order valence-corrected chi connectivity index (χ3v) is 4.22. The van der Waals surface area contributed by atoms with Crippen LogP contribution in [-0.4, -0.2) is 18.1 Å². The molecule has 0 radical (unpaired) electrons. The lowest BCUT2D eigenvalue weighted by Crippen LogP contribution is -2.02. The molecule has 0 saturated carbocycles. The average Bonchev–Trinajstić information content (AvgIpc) is 2.43. The van der Waals surface area contributed by atoms with Crippen molar-refractivity contribution in [1.82, 2.24) is 4.98 Å². The maximum absolute atomic E-state index is 11.7. The molecule has 98 valence electrons. The molecule has 0 unspecified atom stereocenters. The van der Waals surface area contributed by atoms with Gasteiger partial charge >= 0.3 is 5.97 Å². The van der Waals surface area contributed by atoms with Crippen molar-refractivity contribution in [2.45, 2.75) is 16.7 Å². The number of hydrogen-bond donors (Lipinski definition) is 0. The van der Waals surface area contributed by atoms with E-state index in [1.165, 1.54) is 18.9 Å². The minimum atomic E-state index is -0.346. The summed E-state index contributed by atoms with van der Waals surface area (Å²) in [7, 11) is 1.37. The molecule has 5 heteroatoms. The van der Waals surface area contributed by atoms with Crippen molar-refractivity contribution >= 4 is 29.3 Å². The van der Waals surface area contributed by atoms with Crippen LogP contribution in [0.4, 0.5) is 0 Å². The van der Waals surface area contributed by atoms with Crippen LogP contribution in [0.1, 0.15) is 15.9 Å². The zero-order chi connectivity index (χ0) is 13.8. The van der Waals surface area contributed by atoms with Crippen LogP contribution in [-0.2, 0) is 4.74 Å². The van der Waals surface area contributed by atoms with Crippen molar-refractivity contribution in [3.63, 3.8) is 0 Å². The summed E-state index contributed by atoms with van der Waals surface area (Å²) < 4.78 is 4.78. The number of hydrogen-bond acceptors (Lipinski definition) is 4. The maximum atomic E-state index is 11.7. The zero-order valence-electron chi connectivity index (χ0n) is 10.5. The Morgan fingerprint density at radius 2 is 2.00 bits per heavy atom. The van der Waals surface area contributed by atoms with Gasteiger partial charge in [0.15, 0.2) is 0 Å². The highest BCUT2D eigenvalue weighted by atomic mass is 35.5. The molecular formula is C14H12ClNO2S. The van der Waals surface area contributed by atoms with Gasteiger partial charge in [0.05, 0.1) is 12.7 Å². The third kappa shape index (κ3) is 3.08. The summed E-state index contributed by atoms with van der Waals surface area (Å²) in [6.07, 6.45) is 1.65. The topological polar surface area (TPSA) is 39.2 Å². The third-order valence-electron chi connectivity index (χ3n) is 2.61. The molecule has 0 spiro atoms. The van der Waals surface area contributed by atoms with Gasteiger partial charge in [0.25, 0.3) is 0 Å². The van der Waals surface area contributed by atoms with Crippen LogP contribution in [0.2, 0.25) is 5.15 Å². The van der Waals surface area contributed by atoms with Gasteiger partial charge < -0.3 is 4.74 Å². The molecule has 2 rings (SSSR count). The number of carbonyl (C=O) groups is 1. The molecule has 1 aromatic heterocycles. The lowest BCUT2D eigenvalue weighted by Gasteiger charge is -2.09. The Balaban J connectivity index is 2.39. The summed E-state index contributed by atoms with van der Waals surface area (Å²) in [4.78, 5) is 17.5. The predicted molar refractivity (Wildman–Crippen MR) is 75.9 cm³/mol. The maximum Gasteiger partial charge on any atom is 0.339 e. The van der Waals surface area contributed by atoms with Crippen LogP contribution in [0.3, 0.4) is 0 Å². The monoisotopic (exact) mass is 293 g/mol. The van der Waals surface area contributed by atoms with Gasteiger partial charge in [0, 0.05) is 21.6 Å². The summed E-state index contributed by atoms with van der Waals surface area (Å²) in [6.45, 7) is 1.90. The first-order chi connectivity index (χ1) is 9.13. The molecule has 0 atom stereocenters. The minimum Gasteiger partial charge on any atom is -0.465 e. The fourth-order valence-electron chi connectivity index (χ4n) is 1.56. The number of ether oxygens (including phenoxy) is 1. The van der Waals surface area contributed by atoms with Crippen molar-refractivity contribution < 1.29 is 9.53 Å². The smallest absolute Gasteiger partial charge is 0.339 e. The lowest BCUT2D eigenvalue weighted by molar-refractivity contribution is 0.0597. The Labute approximate surface area is 121 Å². The number of esters is 1. The SMILES string of the molecule is COC(=O)c1ccccc1Sc1ccnc(Cl)c1C. The van der Waals surface area contributed by atoms with Crippen molar-refractivity contribution in [2.75, 3.05) is 7.11 Å². The van der Waals surface area contributed by atoms with Crippen molar-refractivity contribution in [1.29, 1.82) is 0 Å². The summed E-state index contributed by atoms with van der Waals surface area (Å²) in [5.41, 5.74) is 1.44. The van der Waals surface area contributed by atoms with Crippen molar-refractivity contribution in [3.8, 4) is 0 Å². The van der Waals surface area contributed by atoms with E-state index in [1.807, 2.05) is 31.2 Å². The molecule has 19 heavy (non-hydrogen) atoms. The first-order valence-corrected chi connectivity index (χ1v) is 6.79. The highest BCUT2D eigenvalue weighted by Gasteiger charge is 2.13. The standard InChI is InChI=1S/C14H12ClNO2S/c1-9-11(7-8-16-13(9)15)19-12-6-4-3-5-10(12)14(17)18-2/h3-8H,1-2H3. The molecule has 0 bridgehead atoms. The average molecular weight is 294 g/mol. The summed E-state index contributed by atoms with van der Waals surface area (Å²) in [6, 6.07) is 9.19. The molecule has 2 aromatic rings. The second-order valence-corrected chi connectivity index (χ2v) is 5.26. The molecule has 0 aliphatic rings. The van der Waals surface area contributed by atoms with E-state index in [9.17, 15) is 4.79 Å². The van der Waals surface area contributed by atoms with Crippen LogP contribution in [0.25, 0.3) is 0 Å². The predicted octanol–water partition coefficient (Wildman–Crippen LogP) is 3.98. The normalized spacial score (nSPS) is 10.3. The fraction of sp³-hybridized carbons (Fsp3) is 0.143. The van der Waals surface area contributed by atoms with Gasteiger partial charge in [-0.1, -0.05) is 35.5 Å². The van der Waals surface area contributed by atoms with Gasteiger partial charge in [-0.05, 0) is 25.1 Å². The van der Waals surface area contributed by atoms with Gasteiger partial charge in [-0.15, -0.1) is 0 Å². The van der Waals surface area contributed by atoms with Crippen molar-refractivity contribution in [3.05, 3.63) is 52.8 Å². The zero-order valence-corrected chi connectivity index (χ0v) is 12.1.